The molecule has 1 aromatic carbocycles. The van der Waals surface area contributed by atoms with E-state index in [4.69, 9.17) is 11.6 Å². The number of amides is 1. The number of nitrogens with one attached hydrogen (secondary N) is 2. The molecule has 0 spiro atoms. The normalized spacial score (nSPS) is 14.3. The van der Waals surface area contributed by atoms with E-state index in [1.165, 1.54) is 0 Å². The van der Waals surface area contributed by atoms with Crippen LogP contribution in [0, 0.1) is 0 Å². The number of hydrogen-bond acceptors (Lipinski definition) is 2. The minimum atomic E-state index is -0.00317. The second kappa shape index (κ2) is 5.29. The summed E-state index contributed by atoms with van der Waals surface area (Å²) in [5.41, 5.74) is 3.51. The number of H-pyrrole nitrogens is 1. The molecular weight excluding hydrogens is 274 g/mol. The molecule has 1 fully saturated rings. The van der Waals surface area contributed by atoms with Crippen LogP contribution in [0.25, 0.3) is 11.3 Å². The molecule has 1 aromatic heterocycles. The van der Waals surface area contributed by atoms with Gasteiger partial charge in [0.25, 0.3) is 0 Å². The third-order valence-electron chi connectivity index (χ3n) is 3.46. The molecular formula is C15H16ClN3O. The van der Waals surface area contributed by atoms with Crippen LogP contribution in [0.1, 0.15) is 37.8 Å². The Labute approximate surface area is 122 Å². The number of carbonyl (C=O) groups excluding carboxylic acids is 1. The standard InChI is InChI=1S/C15H16ClN3O/c1-2-12(20)17-15-13(9-6-7-9)18-19-14(15)10-4-3-5-11(16)8-10/h3-5,8-9H,2,6-7H2,1H3,(H,17,20)(H,18,19). The molecule has 104 valence electrons. The van der Waals surface area contributed by atoms with Crippen molar-refractivity contribution in [1.82, 2.24) is 10.2 Å². The Bertz CT molecular complexity index is 646. The van der Waals surface area contributed by atoms with E-state index < -0.39 is 0 Å². The van der Waals surface area contributed by atoms with Crippen LogP contribution in [0.15, 0.2) is 24.3 Å². The van der Waals surface area contributed by atoms with Gasteiger partial charge in [-0.25, -0.2) is 0 Å². The molecule has 0 atom stereocenters. The average molecular weight is 290 g/mol. The van der Waals surface area contributed by atoms with E-state index in [9.17, 15) is 4.79 Å². The minimum Gasteiger partial charge on any atom is -0.323 e. The molecule has 0 saturated heterocycles. The van der Waals surface area contributed by atoms with Gasteiger partial charge in [0.15, 0.2) is 0 Å². The van der Waals surface area contributed by atoms with Gasteiger partial charge >= 0.3 is 0 Å². The zero-order chi connectivity index (χ0) is 14.1. The molecule has 0 bridgehead atoms. The van der Waals surface area contributed by atoms with Gasteiger partial charge in [0.05, 0.1) is 11.4 Å². The van der Waals surface area contributed by atoms with E-state index in [2.05, 4.69) is 15.5 Å². The van der Waals surface area contributed by atoms with Crippen LogP contribution in [0.5, 0.6) is 0 Å². The van der Waals surface area contributed by atoms with Crippen molar-refractivity contribution in [3.63, 3.8) is 0 Å². The lowest BCUT2D eigenvalue weighted by molar-refractivity contribution is -0.115. The van der Waals surface area contributed by atoms with Gasteiger partial charge in [-0.15, -0.1) is 0 Å². The van der Waals surface area contributed by atoms with Gasteiger partial charge < -0.3 is 5.32 Å². The third kappa shape index (κ3) is 2.56. The van der Waals surface area contributed by atoms with Crippen LogP contribution in [0.2, 0.25) is 5.02 Å². The largest absolute Gasteiger partial charge is 0.323 e. The van der Waals surface area contributed by atoms with Crippen molar-refractivity contribution in [2.75, 3.05) is 5.32 Å². The summed E-state index contributed by atoms with van der Waals surface area (Å²) in [6, 6.07) is 7.51. The topological polar surface area (TPSA) is 57.8 Å². The molecule has 2 aromatic rings. The van der Waals surface area contributed by atoms with Crippen molar-refractivity contribution in [2.45, 2.75) is 32.1 Å². The Hall–Kier alpha value is -1.81. The summed E-state index contributed by atoms with van der Waals surface area (Å²) in [4.78, 5) is 11.7. The molecule has 1 amide bonds. The van der Waals surface area contributed by atoms with Crippen molar-refractivity contribution in [3.05, 3.63) is 35.0 Å². The number of nitrogens with zero attached hydrogens (tertiary/aromatic N) is 1. The smallest absolute Gasteiger partial charge is 0.224 e. The Balaban J connectivity index is 2.03. The lowest BCUT2D eigenvalue weighted by atomic mass is 10.1. The molecule has 0 radical (unpaired) electrons. The summed E-state index contributed by atoms with van der Waals surface area (Å²) in [6.07, 6.45) is 2.74. The molecule has 1 aliphatic carbocycles. The Morgan fingerprint density at radius 3 is 2.95 bits per heavy atom. The van der Waals surface area contributed by atoms with Crippen LogP contribution in [0.4, 0.5) is 5.69 Å². The molecule has 1 saturated carbocycles. The van der Waals surface area contributed by atoms with Crippen molar-refractivity contribution >= 4 is 23.2 Å². The van der Waals surface area contributed by atoms with Gasteiger partial charge in [-0.2, -0.15) is 5.10 Å². The molecule has 3 rings (SSSR count). The Kier molecular flexibility index (Phi) is 3.49. The Morgan fingerprint density at radius 2 is 2.30 bits per heavy atom. The summed E-state index contributed by atoms with van der Waals surface area (Å²) in [7, 11) is 0. The fourth-order valence-electron chi connectivity index (χ4n) is 2.22. The van der Waals surface area contributed by atoms with E-state index in [1.54, 1.807) is 0 Å². The molecule has 1 heterocycles. The average Bonchev–Trinajstić information content (AvgIpc) is 3.20. The molecule has 1 aliphatic rings. The van der Waals surface area contributed by atoms with E-state index in [0.717, 1.165) is 35.5 Å². The molecule has 0 aliphatic heterocycles. The maximum absolute atomic E-state index is 11.7. The number of carbonyl (C=O) groups is 1. The number of anilines is 1. The third-order valence-corrected chi connectivity index (χ3v) is 3.70. The van der Waals surface area contributed by atoms with Gasteiger partial charge in [-0.05, 0) is 25.0 Å². The number of aromatic amines is 1. The lowest BCUT2D eigenvalue weighted by Crippen LogP contribution is -2.11. The van der Waals surface area contributed by atoms with Gasteiger partial charge in [-0.3, -0.25) is 9.89 Å². The monoisotopic (exact) mass is 289 g/mol. The van der Waals surface area contributed by atoms with Crippen LogP contribution < -0.4 is 5.32 Å². The van der Waals surface area contributed by atoms with Gasteiger partial charge in [-0.1, -0.05) is 30.7 Å². The zero-order valence-corrected chi connectivity index (χ0v) is 12.0. The first-order valence-electron chi connectivity index (χ1n) is 6.83. The fraction of sp³-hybridized carbons (Fsp3) is 0.333. The molecule has 4 nitrogen and oxygen atoms in total. The van der Waals surface area contributed by atoms with Crippen LogP contribution in [0.3, 0.4) is 0 Å². The van der Waals surface area contributed by atoms with Crippen LogP contribution >= 0.6 is 11.6 Å². The minimum absolute atomic E-state index is 0.00317. The molecule has 5 heteroatoms. The summed E-state index contributed by atoms with van der Waals surface area (Å²) < 4.78 is 0. The first kappa shape index (κ1) is 13.2. The maximum atomic E-state index is 11.7. The van der Waals surface area contributed by atoms with Crippen molar-refractivity contribution in [1.29, 1.82) is 0 Å². The van der Waals surface area contributed by atoms with Gasteiger partial charge in [0.2, 0.25) is 5.91 Å². The first-order chi connectivity index (χ1) is 9.69. The summed E-state index contributed by atoms with van der Waals surface area (Å²) in [6.45, 7) is 1.84. The quantitative estimate of drug-likeness (QED) is 0.895. The SMILES string of the molecule is CCC(=O)Nc1c(-c2cccc(Cl)c2)n[nH]c1C1CC1. The highest BCUT2D eigenvalue weighted by Crippen LogP contribution is 2.45. The number of halogens is 1. The van der Waals surface area contributed by atoms with Crippen LogP contribution in [-0.2, 0) is 4.79 Å². The highest BCUT2D eigenvalue weighted by Gasteiger charge is 2.30. The van der Waals surface area contributed by atoms with Gasteiger partial charge in [0, 0.05) is 22.9 Å². The van der Waals surface area contributed by atoms with E-state index in [1.807, 2.05) is 31.2 Å². The van der Waals surface area contributed by atoms with Crippen molar-refractivity contribution < 1.29 is 4.79 Å². The van der Waals surface area contributed by atoms with Crippen molar-refractivity contribution in [3.8, 4) is 11.3 Å². The second-order valence-corrected chi connectivity index (χ2v) is 5.48. The summed E-state index contributed by atoms with van der Waals surface area (Å²) in [5, 5.41) is 11.1. The van der Waals surface area contributed by atoms with Crippen LogP contribution in [-0.4, -0.2) is 16.1 Å². The number of hydrogen-bond donors (Lipinski definition) is 2. The van der Waals surface area contributed by atoms with E-state index in [0.29, 0.717) is 17.4 Å². The molecule has 20 heavy (non-hydrogen) atoms. The summed E-state index contributed by atoms with van der Waals surface area (Å²) in [5.74, 6) is 0.485. The highest BCUT2D eigenvalue weighted by molar-refractivity contribution is 6.30. The number of benzene rings is 1. The first-order valence-corrected chi connectivity index (χ1v) is 7.21. The second-order valence-electron chi connectivity index (χ2n) is 5.05. The van der Waals surface area contributed by atoms with Gasteiger partial charge in [0.1, 0.15) is 5.69 Å². The zero-order valence-electron chi connectivity index (χ0n) is 11.2. The summed E-state index contributed by atoms with van der Waals surface area (Å²) >= 11 is 6.04. The predicted octanol–water partition coefficient (Wildman–Crippen LogP) is 3.96. The molecule has 0 unspecified atom stereocenters. The van der Waals surface area contributed by atoms with Crippen molar-refractivity contribution in [2.24, 2.45) is 0 Å². The number of rotatable bonds is 4. The Morgan fingerprint density at radius 1 is 1.50 bits per heavy atom. The fourth-order valence-corrected chi connectivity index (χ4v) is 2.41. The number of aromatic nitrogens is 2. The van der Waals surface area contributed by atoms with E-state index in [-0.39, 0.29) is 5.91 Å². The maximum Gasteiger partial charge on any atom is 0.224 e. The lowest BCUT2D eigenvalue weighted by Gasteiger charge is -2.07. The molecule has 2 N–H and O–H groups in total. The predicted molar refractivity (Wildman–Crippen MR) is 79.9 cm³/mol. The van der Waals surface area contributed by atoms with E-state index >= 15 is 0 Å². The highest BCUT2D eigenvalue weighted by atomic mass is 35.5.